The Kier molecular flexibility index (Phi) is 6.85. The standard InChI is InChI=1S/C30H37N9O/c1-20-17-32-39(19-20)27-7-6-24(18-31-27)23(4)38-11-5-8-30(28(38)40)9-12-37(13-10-30)29-33-21(2)14-25(34-29)16-26-15-22(3)35-36-26/h6-7,14-15,17-19,23H,5,8-13,16H2,1-4H3,(H,35,36). The quantitative estimate of drug-likeness (QED) is 0.390. The molecule has 1 unspecified atom stereocenters. The summed E-state index contributed by atoms with van der Waals surface area (Å²) < 4.78 is 1.78. The number of likely N-dealkylation sites (tertiary alicyclic amines) is 1. The maximum atomic E-state index is 14.0. The predicted molar refractivity (Wildman–Crippen MR) is 152 cm³/mol. The SMILES string of the molecule is Cc1cnn(-c2ccc(C(C)N3CCCC4(CCN(c5nc(C)cc(Cc6cc(C)[nH]n6)n5)CC4)C3=O)cn2)c1. The molecule has 2 aliphatic heterocycles. The Morgan fingerprint density at radius 1 is 1.00 bits per heavy atom. The molecule has 208 valence electrons. The van der Waals surface area contributed by atoms with Crippen LogP contribution in [-0.4, -0.2) is 65.4 Å². The first-order chi connectivity index (χ1) is 19.3. The van der Waals surface area contributed by atoms with E-state index in [1.54, 1.807) is 4.68 Å². The number of aryl methyl sites for hydroxylation is 3. The van der Waals surface area contributed by atoms with Crippen molar-refractivity contribution in [3.8, 4) is 5.82 Å². The number of hydrogen-bond acceptors (Lipinski definition) is 7. The summed E-state index contributed by atoms with van der Waals surface area (Å²) in [4.78, 5) is 32.6. The van der Waals surface area contributed by atoms with Gasteiger partial charge >= 0.3 is 0 Å². The highest BCUT2D eigenvalue weighted by Crippen LogP contribution is 2.43. The van der Waals surface area contributed by atoms with Crippen LogP contribution in [0.4, 0.5) is 5.95 Å². The molecule has 0 aromatic carbocycles. The molecule has 6 heterocycles. The Balaban J connectivity index is 1.13. The van der Waals surface area contributed by atoms with Crippen LogP contribution < -0.4 is 4.90 Å². The Morgan fingerprint density at radius 2 is 1.82 bits per heavy atom. The molecule has 0 saturated carbocycles. The van der Waals surface area contributed by atoms with Crippen molar-refractivity contribution in [2.24, 2.45) is 5.41 Å². The van der Waals surface area contributed by atoms with Crippen molar-refractivity contribution in [2.75, 3.05) is 24.5 Å². The molecule has 1 spiro atoms. The van der Waals surface area contributed by atoms with E-state index in [4.69, 9.17) is 9.97 Å². The van der Waals surface area contributed by atoms with Crippen molar-refractivity contribution < 1.29 is 4.79 Å². The highest BCUT2D eigenvalue weighted by Gasteiger charge is 2.47. The molecule has 2 saturated heterocycles. The van der Waals surface area contributed by atoms with Crippen molar-refractivity contribution in [1.29, 1.82) is 0 Å². The van der Waals surface area contributed by atoms with Gasteiger partial charge in [-0.2, -0.15) is 10.2 Å². The van der Waals surface area contributed by atoms with Crippen LogP contribution in [-0.2, 0) is 11.2 Å². The zero-order valence-electron chi connectivity index (χ0n) is 23.8. The lowest BCUT2D eigenvalue weighted by Crippen LogP contribution is -2.54. The van der Waals surface area contributed by atoms with Gasteiger partial charge in [0.15, 0.2) is 5.82 Å². The molecule has 4 aromatic heterocycles. The van der Waals surface area contributed by atoms with E-state index in [0.29, 0.717) is 6.42 Å². The van der Waals surface area contributed by atoms with Crippen molar-refractivity contribution >= 4 is 11.9 Å². The number of nitrogens with zero attached hydrogens (tertiary/aromatic N) is 8. The lowest BCUT2D eigenvalue weighted by atomic mass is 9.71. The van der Waals surface area contributed by atoms with E-state index < -0.39 is 0 Å². The monoisotopic (exact) mass is 539 g/mol. The Labute approximate surface area is 234 Å². The van der Waals surface area contributed by atoms with Gasteiger partial charge in [0, 0.05) is 49.8 Å². The van der Waals surface area contributed by atoms with Crippen molar-refractivity contribution in [3.63, 3.8) is 0 Å². The second kappa shape index (κ2) is 10.5. The molecular weight excluding hydrogens is 502 g/mol. The highest BCUT2D eigenvalue weighted by molar-refractivity contribution is 5.84. The topological polar surface area (TPSA) is 109 Å². The summed E-state index contributed by atoms with van der Waals surface area (Å²) in [5.41, 5.74) is 5.75. The first-order valence-corrected chi connectivity index (χ1v) is 14.2. The molecule has 6 rings (SSSR count). The summed E-state index contributed by atoms with van der Waals surface area (Å²) in [6, 6.07) is 8.09. The van der Waals surface area contributed by atoms with E-state index in [2.05, 4.69) is 43.1 Å². The molecule has 2 aliphatic rings. The van der Waals surface area contributed by atoms with Gasteiger partial charge < -0.3 is 9.80 Å². The number of anilines is 1. The summed E-state index contributed by atoms with van der Waals surface area (Å²) in [7, 11) is 0. The summed E-state index contributed by atoms with van der Waals surface area (Å²) in [6.45, 7) is 10.5. The van der Waals surface area contributed by atoms with Crippen LogP contribution in [0.1, 0.15) is 72.6 Å². The van der Waals surface area contributed by atoms with Crippen LogP contribution in [0.3, 0.4) is 0 Å². The molecule has 1 N–H and O–H groups in total. The average molecular weight is 540 g/mol. The van der Waals surface area contributed by atoms with E-state index in [9.17, 15) is 4.79 Å². The van der Waals surface area contributed by atoms with E-state index in [-0.39, 0.29) is 17.4 Å². The van der Waals surface area contributed by atoms with Crippen LogP contribution in [0, 0.1) is 26.2 Å². The Morgan fingerprint density at radius 3 is 2.50 bits per heavy atom. The van der Waals surface area contributed by atoms with Gasteiger partial charge in [0.2, 0.25) is 11.9 Å². The van der Waals surface area contributed by atoms with Crippen LogP contribution >= 0.6 is 0 Å². The molecule has 0 aliphatic carbocycles. The molecule has 1 amide bonds. The van der Waals surface area contributed by atoms with E-state index >= 15 is 0 Å². The normalized spacial score (nSPS) is 17.9. The van der Waals surface area contributed by atoms with Crippen molar-refractivity contribution in [2.45, 2.75) is 65.8 Å². The zero-order chi connectivity index (χ0) is 27.9. The average Bonchev–Trinajstić information content (AvgIpc) is 3.57. The molecule has 10 nitrogen and oxygen atoms in total. The number of pyridine rings is 1. The fourth-order valence-electron chi connectivity index (χ4n) is 6.17. The molecule has 0 radical (unpaired) electrons. The fourth-order valence-corrected chi connectivity index (χ4v) is 6.17. The predicted octanol–water partition coefficient (Wildman–Crippen LogP) is 4.27. The van der Waals surface area contributed by atoms with Gasteiger partial charge in [0.05, 0.1) is 29.0 Å². The molecule has 2 fully saturated rings. The second-order valence-corrected chi connectivity index (χ2v) is 11.5. The summed E-state index contributed by atoms with van der Waals surface area (Å²) in [5, 5.41) is 11.7. The number of carbonyl (C=O) groups is 1. The minimum atomic E-state index is -0.317. The van der Waals surface area contributed by atoms with Crippen molar-refractivity contribution in [3.05, 3.63) is 76.8 Å². The van der Waals surface area contributed by atoms with Crippen LogP contribution in [0.15, 0.2) is 42.9 Å². The van der Waals surface area contributed by atoms with Crippen molar-refractivity contribution in [1.82, 2.24) is 39.8 Å². The molecule has 10 heteroatoms. The molecule has 4 aromatic rings. The van der Waals surface area contributed by atoms with E-state index in [1.165, 1.54) is 0 Å². The Bertz CT molecular complexity index is 1500. The molecule has 40 heavy (non-hydrogen) atoms. The highest BCUT2D eigenvalue weighted by atomic mass is 16.2. The van der Waals surface area contributed by atoms with Crippen LogP contribution in [0.2, 0.25) is 0 Å². The number of H-pyrrole nitrogens is 1. The number of rotatable bonds is 6. The number of piperidine rings is 2. The van der Waals surface area contributed by atoms with Crippen LogP contribution in [0.25, 0.3) is 5.82 Å². The zero-order valence-corrected chi connectivity index (χ0v) is 23.8. The van der Waals surface area contributed by atoms with Crippen LogP contribution in [0.5, 0.6) is 0 Å². The summed E-state index contributed by atoms with van der Waals surface area (Å²) in [6.07, 6.45) is 9.91. The van der Waals surface area contributed by atoms with Gasteiger partial charge in [0.25, 0.3) is 0 Å². The first kappa shape index (κ1) is 26.2. The summed E-state index contributed by atoms with van der Waals surface area (Å²) >= 11 is 0. The van der Waals surface area contributed by atoms with Gasteiger partial charge in [-0.1, -0.05) is 6.07 Å². The number of amides is 1. The van der Waals surface area contributed by atoms with E-state index in [1.807, 2.05) is 57.6 Å². The third-order valence-electron chi connectivity index (χ3n) is 8.46. The minimum Gasteiger partial charge on any atom is -0.341 e. The third kappa shape index (κ3) is 5.10. The molecule has 0 bridgehead atoms. The molecule has 1 atom stereocenters. The maximum Gasteiger partial charge on any atom is 0.229 e. The van der Waals surface area contributed by atoms with Gasteiger partial charge in [-0.3, -0.25) is 9.89 Å². The Hall–Kier alpha value is -4.08. The second-order valence-electron chi connectivity index (χ2n) is 11.5. The fraction of sp³-hybridized carbons (Fsp3) is 0.467. The maximum absolute atomic E-state index is 14.0. The van der Waals surface area contributed by atoms with Gasteiger partial charge in [-0.15, -0.1) is 0 Å². The minimum absolute atomic E-state index is 0.0306. The lowest BCUT2D eigenvalue weighted by molar-refractivity contribution is -0.150. The van der Waals surface area contributed by atoms with Gasteiger partial charge in [-0.25, -0.2) is 19.6 Å². The third-order valence-corrected chi connectivity index (χ3v) is 8.46. The largest absolute Gasteiger partial charge is 0.341 e. The van der Waals surface area contributed by atoms with E-state index in [0.717, 1.165) is 91.0 Å². The number of hydrogen-bond donors (Lipinski definition) is 1. The molecular formula is C30H37N9O. The lowest BCUT2D eigenvalue weighted by Gasteiger charge is -2.48. The van der Waals surface area contributed by atoms with Gasteiger partial charge in [0.1, 0.15) is 0 Å². The number of aromatic nitrogens is 7. The number of nitrogens with one attached hydrogen (secondary N) is 1. The smallest absolute Gasteiger partial charge is 0.229 e. The first-order valence-electron chi connectivity index (χ1n) is 14.2. The number of aromatic amines is 1. The van der Waals surface area contributed by atoms with Gasteiger partial charge in [-0.05, 0) is 82.7 Å². The summed E-state index contributed by atoms with van der Waals surface area (Å²) in [5.74, 6) is 1.81. The number of carbonyl (C=O) groups excluding carboxylic acids is 1.